The number of amides is 1. The zero-order valence-corrected chi connectivity index (χ0v) is 23.7. The van der Waals surface area contributed by atoms with Crippen LogP contribution in [0.15, 0.2) is 48.9 Å². The van der Waals surface area contributed by atoms with E-state index in [2.05, 4.69) is 26.9 Å². The second-order valence-corrected chi connectivity index (χ2v) is 11.4. The van der Waals surface area contributed by atoms with Crippen molar-refractivity contribution in [3.8, 4) is 11.3 Å². The molecule has 6 rings (SSSR count). The zero-order chi connectivity index (χ0) is 29.8. The molecular formula is C30H33F2N7O3. The van der Waals surface area contributed by atoms with Crippen molar-refractivity contribution in [1.82, 2.24) is 24.5 Å². The van der Waals surface area contributed by atoms with E-state index < -0.39 is 17.2 Å². The first-order chi connectivity index (χ1) is 20.1. The molecular weight excluding hydrogens is 544 g/mol. The lowest BCUT2D eigenvalue weighted by atomic mass is 9.88. The topological polar surface area (TPSA) is 122 Å². The van der Waals surface area contributed by atoms with Gasteiger partial charge in [0.1, 0.15) is 23.1 Å². The van der Waals surface area contributed by atoms with Gasteiger partial charge in [0, 0.05) is 63.2 Å². The smallest absolute Gasteiger partial charge is 0.219 e. The Hall–Kier alpha value is -4.00. The van der Waals surface area contributed by atoms with Crippen molar-refractivity contribution < 1.29 is 23.4 Å². The molecule has 3 atom stereocenters. The summed E-state index contributed by atoms with van der Waals surface area (Å²) in [6.45, 7) is 4.88. The number of benzene rings is 1. The molecule has 42 heavy (non-hydrogen) atoms. The van der Waals surface area contributed by atoms with Gasteiger partial charge >= 0.3 is 0 Å². The van der Waals surface area contributed by atoms with Crippen LogP contribution in [0.5, 0.6) is 0 Å². The molecule has 1 aromatic carbocycles. The highest BCUT2D eigenvalue weighted by Gasteiger charge is 2.39. The van der Waals surface area contributed by atoms with Gasteiger partial charge in [-0.15, -0.1) is 0 Å². The summed E-state index contributed by atoms with van der Waals surface area (Å²) in [7, 11) is 1.79. The lowest BCUT2D eigenvalue weighted by Crippen LogP contribution is -2.62. The number of likely N-dealkylation sites (N-methyl/N-ethyl adjacent to an activating group) is 1. The summed E-state index contributed by atoms with van der Waals surface area (Å²) in [6, 6.07) is 7.14. The fourth-order valence-electron chi connectivity index (χ4n) is 6.16. The minimum Gasteiger partial charge on any atom is -0.380 e. The van der Waals surface area contributed by atoms with Crippen molar-refractivity contribution in [3.05, 3.63) is 77.5 Å². The number of aromatic nitrogens is 4. The second-order valence-electron chi connectivity index (χ2n) is 11.4. The Kier molecular flexibility index (Phi) is 7.16. The van der Waals surface area contributed by atoms with Crippen LogP contribution in [0.1, 0.15) is 30.8 Å². The number of hydrogen-bond acceptors (Lipinski definition) is 8. The Morgan fingerprint density at radius 2 is 1.93 bits per heavy atom. The molecule has 0 spiro atoms. The summed E-state index contributed by atoms with van der Waals surface area (Å²) in [5.41, 5.74) is 7.65. The van der Waals surface area contributed by atoms with E-state index >= 15 is 8.78 Å². The predicted octanol–water partition coefficient (Wildman–Crippen LogP) is 2.51. The van der Waals surface area contributed by atoms with Gasteiger partial charge < -0.3 is 25.4 Å². The van der Waals surface area contributed by atoms with Gasteiger partial charge in [-0.25, -0.2) is 18.3 Å². The minimum atomic E-state index is -1.39. The Morgan fingerprint density at radius 3 is 2.57 bits per heavy atom. The quantitative estimate of drug-likeness (QED) is 0.359. The van der Waals surface area contributed by atoms with E-state index in [0.29, 0.717) is 30.9 Å². The first-order valence-corrected chi connectivity index (χ1v) is 13.9. The number of ether oxygens (including phenoxy) is 1. The molecule has 2 fully saturated rings. The van der Waals surface area contributed by atoms with Crippen LogP contribution in [0.2, 0.25) is 0 Å². The van der Waals surface area contributed by atoms with Crippen LogP contribution in [-0.4, -0.2) is 80.9 Å². The van der Waals surface area contributed by atoms with Crippen LogP contribution in [0, 0.1) is 17.6 Å². The van der Waals surface area contributed by atoms with Gasteiger partial charge in [0.05, 0.1) is 42.2 Å². The molecule has 3 aromatic heterocycles. The lowest BCUT2D eigenvalue weighted by molar-refractivity contribution is -0.184. The summed E-state index contributed by atoms with van der Waals surface area (Å²) in [5, 5.41) is 15.0. The molecule has 1 amide bonds. The van der Waals surface area contributed by atoms with E-state index in [-0.39, 0.29) is 53.9 Å². The van der Waals surface area contributed by atoms with Gasteiger partial charge in [0.2, 0.25) is 5.91 Å². The standard InChI is InChI=1S/C30H33F2N7O3/c1-17-13-38(14-24(33)29(17)37(3)18(2)40)26-6-7-34-11-19(26)8-27-35-12-21-4-5-25(36-39(21)27)28-22(31)9-20(10-23(28)32)30(41)15-42-16-30/h4-7,9-12,17,24,29,41H,8,13-16,33H2,1-3H3/t17-,24+,29-/m0/s1. The van der Waals surface area contributed by atoms with Gasteiger partial charge in [-0.05, 0) is 41.8 Å². The first kappa shape index (κ1) is 28.1. The number of imidazole rings is 1. The molecule has 0 radical (unpaired) electrons. The summed E-state index contributed by atoms with van der Waals surface area (Å²) in [6.07, 6.45) is 5.52. The third-order valence-electron chi connectivity index (χ3n) is 8.44. The van der Waals surface area contributed by atoms with Gasteiger partial charge in [0.15, 0.2) is 0 Å². The summed E-state index contributed by atoms with van der Waals surface area (Å²) >= 11 is 0. The SMILES string of the molecule is CC(=O)N(C)[C@@H]1[C@H](N)CN(c2ccncc2Cc2ncc3ccc(-c4c(F)cc(C5(O)COC5)cc4F)nn23)C[C@@H]1C. The van der Waals surface area contributed by atoms with Gasteiger partial charge in [-0.3, -0.25) is 9.78 Å². The van der Waals surface area contributed by atoms with Crippen molar-refractivity contribution >= 4 is 17.1 Å². The van der Waals surface area contributed by atoms with Crippen molar-refractivity contribution in [3.63, 3.8) is 0 Å². The monoisotopic (exact) mass is 577 g/mol. The Labute approximate surface area is 241 Å². The van der Waals surface area contributed by atoms with E-state index in [9.17, 15) is 9.90 Å². The number of carbonyl (C=O) groups excluding carboxylic acids is 1. The van der Waals surface area contributed by atoms with E-state index in [1.165, 1.54) is 0 Å². The Morgan fingerprint density at radius 1 is 1.19 bits per heavy atom. The highest BCUT2D eigenvalue weighted by molar-refractivity contribution is 5.73. The van der Waals surface area contributed by atoms with E-state index in [4.69, 9.17) is 10.5 Å². The third kappa shape index (κ3) is 4.89. The zero-order valence-electron chi connectivity index (χ0n) is 23.7. The molecule has 2 aliphatic heterocycles. The summed E-state index contributed by atoms with van der Waals surface area (Å²) in [4.78, 5) is 24.8. The molecule has 2 aliphatic rings. The van der Waals surface area contributed by atoms with Crippen LogP contribution < -0.4 is 10.6 Å². The number of hydrogen-bond donors (Lipinski definition) is 2. The molecule has 2 saturated heterocycles. The fraction of sp³-hybridized carbons (Fsp3) is 0.400. The third-order valence-corrected chi connectivity index (χ3v) is 8.44. The van der Waals surface area contributed by atoms with Gasteiger partial charge in [-0.2, -0.15) is 5.10 Å². The molecule has 10 nitrogen and oxygen atoms in total. The highest BCUT2D eigenvalue weighted by Crippen LogP contribution is 2.34. The van der Waals surface area contributed by atoms with Crippen molar-refractivity contribution in [2.45, 2.75) is 38.0 Å². The molecule has 0 bridgehead atoms. The van der Waals surface area contributed by atoms with Crippen LogP contribution in [0.3, 0.4) is 0 Å². The summed E-state index contributed by atoms with van der Waals surface area (Å²) in [5.74, 6) is -0.952. The maximum atomic E-state index is 15.2. The Balaban J connectivity index is 1.30. The minimum absolute atomic E-state index is 0.0114. The van der Waals surface area contributed by atoms with Crippen LogP contribution in [0.4, 0.5) is 14.5 Å². The molecule has 5 heterocycles. The van der Waals surface area contributed by atoms with Crippen LogP contribution >= 0.6 is 0 Å². The maximum Gasteiger partial charge on any atom is 0.219 e. The van der Waals surface area contributed by atoms with Crippen LogP contribution in [0.25, 0.3) is 16.8 Å². The van der Waals surface area contributed by atoms with Crippen molar-refractivity contribution in [1.29, 1.82) is 0 Å². The molecule has 220 valence electrons. The number of piperidine rings is 1. The Bertz CT molecular complexity index is 1620. The lowest BCUT2D eigenvalue weighted by Gasteiger charge is -2.46. The van der Waals surface area contributed by atoms with Crippen molar-refractivity contribution in [2.24, 2.45) is 11.7 Å². The number of aliphatic hydroxyl groups is 1. The van der Waals surface area contributed by atoms with Gasteiger partial charge in [0.25, 0.3) is 0 Å². The number of fused-ring (bicyclic) bond motifs is 1. The predicted molar refractivity (Wildman–Crippen MR) is 152 cm³/mol. The molecule has 0 aliphatic carbocycles. The fourth-order valence-corrected chi connectivity index (χ4v) is 6.16. The number of carbonyl (C=O) groups is 1. The summed E-state index contributed by atoms with van der Waals surface area (Å²) < 4.78 is 37.0. The molecule has 0 unspecified atom stereocenters. The number of rotatable bonds is 6. The first-order valence-electron chi connectivity index (χ1n) is 13.9. The largest absolute Gasteiger partial charge is 0.380 e. The number of pyridine rings is 1. The highest BCUT2D eigenvalue weighted by atomic mass is 19.1. The average Bonchev–Trinajstić information content (AvgIpc) is 3.33. The van der Waals surface area contributed by atoms with E-state index in [1.54, 1.807) is 54.1 Å². The van der Waals surface area contributed by atoms with Crippen molar-refractivity contribution in [2.75, 3.05) is 38.3 Å². The van der Waals surface area contributed by atoms with Crippen LogP contribution in [-0.2, 0) is 21.6 Å². The molecule has 0 saturated carbocycles. The normalized spacial score (nSPS) is 21.8. The number of nitrogens with zero attached hydrogens (tertiary/aromatic N) is 6. The molecule has 4 aromatic rings. The maximum absolute atomic E-state index is 15.2. The number of anilines is 1. The number of halogens is 2. The average molecular weight is 578 g/mol. The number of nitrogens with two attached hydrogens (primary N) is 1. The van der Waals surface area contributed by atoms with Gasteiger partial charge in [-0.1, -0.05) is 6.92 Å². The van der Waals surface area contributed by atoms with E-state index in [1.807, 2.05) is 6.07 Å². The molecule has 12 heteroatoms. The van der Waals surface area contributed by atoms with E-state index in [0.717, 1.165) is 23.4 Å². The second kappa shape index (κ2) is 10.7. The molecule has 3 N–H and O–H groups in total.